The maximum atomic E-state index is 4.92. The summed E-state index contributed by atoms with van der Waals surface area (Å²) in [5.74, 6) is 0. The molecule has 4 aromatic carbocycles. The number of hydrogen-bond acceptors (Lipinski definition) is 1. The van der Waals surface area contributed by atoms with Crippen LogP contribution in [-0.2, 0) is 0 Å². The van der Waals surface area contributed by atoms with Gasteiger partial charge in [0.25, 0.3) is 0 Å². The van der Waals surface area contributed by atoms with Crippen LogP contribution in [0.1, 0.15) is 12.5 Å². The molecule has 0 aliphatic carbocycles. The zero-order valence-electron chi connectivity index (χ0n) is 15.3. The third-order valence-electron chi connectivity index (χ3n) is 4.65. The molecule has 0 fully saturated rings. The van der Waals surface area contributed by atoms with Gasteiger partial charge in [-0.2, -0.15) is 0 Å². The minimum absolute atomic E-state index is 0.969. The summed E-state index contributed by atoms with van der Waals surface area (Å²) in [5.41, 5.74) is 7.97. The summed E-state index contributed by atoms with van der Waals surface area (Å²) in [4.78, 5) is 4.92. The summed E-state index contributed by atoms with van der Waals surface area (Å²) < 4.78 is 0. The van der Waals surface area contributed by atoms with Crippen molar-refractivity contribution in [3.05, 3.63) is 115 Å². The van der Waals surface area contributed by atoms with Crippen LogP contribution in [-0.4, -0.2) is 5.71 Å². The smallest absolute Gasteiger partial charge is 0.0633 e. The first-order valence-electron chi connectivity index (χ1n) is 9.17. The molecule has 0 aliphatic rings. The third-order valence-corrected chi connectivity index (χ3v) is 4.65. The molecule has 0 aromatic heterocycles. The van der Waals surface area contributed by atoms with Gasteiger partial charge in [0.1, 0.15) is 0 Å². The Morgan fingerprint density at radius 2 is 0.963 bits per heavy atom. The lowest BCUT2D eigenvalue weighted by Gasteiger charge is -2.16. The topological polar surface area (TPSA) is 12.4 Å². The van der Waals surface area contributed by atoms with E-state index in [1.54, 1.807) is 0 Å². The lowest BCUT2D eigenvalue weighted by Crippen LogP contribution is -2.01. The van der Waals surface area contributed by atoms with Gasteiger partial charge in [-0.05, 0) is 41.3 Å². The molecular weight excluding hydrogens is 326 g/mol. The minimum atomic E-state index is 0.969. The van der Waals surface area contributed by atoms with E-state index in [1.807, 2.05) is 30.3 Å². The van der Waals surface area contributed by atoms with Crippen molar-refractivity contribution in [2.45, 2.75) is 6.92 Å². The van der Waals surface area contributed by atoms with E-state index in [2.05, 4.69) is 85.8 Å². The molecule has 0 unspecified atom stereocenters. The zero-order valence-corrected chi connectivity index (χ0v) is 15.3. The van der Waals surface area contributed by atoms with Crippen LogP contribution in [0.4, 0.5) is 5.69 Å². The summed E-state index contributed by atoms with van der Waals surface area (Å²) in [6.07, 6.45) is 0. The minimum Gasteiger partial charge on any atom is -0.253 e. The maximum Gasteiger partial charge on any atom is 0.0633 e. The van der Waals surface area contributed by atoms with Crippen molar-refractivity contribution in [2.75, 3.05) is 0 Å². The molecule has 0 bridgehead atoms. The van der Waals surface area contributed by atoms with E-state index in [-0.39, 0.29) is 0 Å². The molecule has 0 saturated heterocycles. The number of aliphatic imine (C=N–C) groups is 1. The SMILES string of the molecule is CC(=Nc1ccccc1)c1c(-c2ccccc2)cccc1-c1ccccc1. The van der Waals surface area contributed by atoms with Gasteiger partial charge in [-0.25, -0.2) is 0 Å². The Morgan fingerprint density at radius 1 is 0.519 bits per heavy atom. The Bertz CT molecular complexity index is 991. The first kappa shape index (κ1) is 17.0. The molecule has 0 heterocycles. The van der Waals surface area contributed by atoms with Crippen molar-refractivity contribution >= 4 is 11.4 Å². The molecule has 27 heavy (non-hydrogen) atoms. The summed E-state index contributed by atoms with van der Waals surface area (Å²) in [5, 5.41) is 0. The molecule has 4 rings (SSSR count). The fraction of sp³-hybridized carbons (Fsp3) is 0.0385. The van der Waals surface area contributed by atoms with Gasteiger partial charge in [-0.1, -0.05) is 97.1 Å². The Kier molecular flexibility index (Phi) is 4.93. The van der Waals surface area contributed by atoms with E-state index >= 15 is 0 Å². The maximum absolute atomic E-state index is 4.92. The van der Waals surface area contributed by atoms with Crippen molar-refractivity contribution in [3.8, 4) is 22.3 Å². The van der Waals surface area contributed by atoms with E-state index in [0.29, 0.717) is 0 Å². The Balaban J connectivity index is 1.95. The molecule has 0 spiro atoms. The van der Waals surface area contributed by atoms with Gasteiger partial charge < -0.3 is 0 Å². The monoisotopic (exact) mass is 347 g/mol. The lowest BCUT2D eigenvalue weighted by atomic mass is 9.89. The van der Waals surface area contributed by atoms with Gasteiger partial charge in [0.2, 0.25) is 0 Å². The van der Waals surface area contributed by atoms with E-state index in [9.17, 15) is 0 Å². The summed E-state index contributed by atoms with van der Waals surface area (Å²) in [6, 6.07) is 37.7. The molecule has 1 nitrogen and oxygen atoms in total. The summed E-state index contributed by atoms with van der Waals surface area (Å²) in [7, 11) is 0. The van der Waals surface area contributed by atoms with Crippen LogP contribution < -0.4 is 0 Å². The van der Waals surface area contributed by atoms with E-state index < -0.39 is 0 Å². The zero-order chi connectivity index (χ0) is 18.5. The quantitative estimate of drug-likeness (QED) is 0.347. The predicted octanol–water partition coefficient (Wildman–Crippen LogP) is 7.16. The van der Waals surface area contributed by atoms with Crippen LogP contribution in [0.5, 0.6) is 0 Å². The average Bonchev–Trinajstić information content (AvgIpc) is 2.75. The number of hydrogen-bond donors (Lipinski definition) is 0. The van der Waals surface area contributed by atoms with Crippen molar-refractivity contribution < 1.29 is 0 Å². The molecule has 0 N–H and O–H groups in total. The van der Waals surface area contributed by atoms with Crippen LogP contribution in [0.3, 0.4) is 0 Å². The van der Waals surface area contributed by atoms with Gasteiger partial charge in [-0.15, -0.1) is 0 Å². The number of para-hydroxylation sites is 1. The van der Waals surface area contributed by atoms with Crippen LogP contribution in [0, 0.1) is 0 Å². The predicted molar refractivity (Wildman–Crippen MR) is 116 cm³/mol. The van der Waals surface area contributed by atoms with E-state index in [4.69, 9.17) is 4.99 Å². The fourth-order valence-electron chi connectivity index (χ4n) is 3.41. The molecule has 0 aliphatic heterocycles. The molecular formula is C26H21N. The first-order valence-corrected chi connectivity index (χ1v) is 9.17. The van der Waals surface area contributed by atoms with Crippen molar-refractivity contribution in [1.29, 1.82) is 0 Å². The molecule has 0 atom stereocenters. The highest BCUT2D eigenvalue weighted by molar-refractivity contribution is 6.10. The summed E-state index contributed by atoms with van der Waals surface area (Å²) >= 11 is 0. The fourth-order valence-corrected chi connectivity index (χ4v) is 3.41. The van der Waals surface area contributed by atoms with Gasteiger partial charge >= 0.3 is 0 Å². The molecule has 0 saturated carbocycles. The lowest BCUT2D eigenvalue weighted by molar-refractivity contribution is 1.47. The van der Waals surface area contributed by atoms with Crippen LogP contribution in [0.25, 0.3) is 22.3 Å². The molecule has 130 valence electrons. The van der Waals surface area contributed by atoms with Crippen LogP contribution in [0.15, 0.2) is 114 Å². The standard InChI is InChI=1S/C26H21N/c1-20(27-23-16-9-4-10-17-23)26-24(21-12-5-2-6-13-21)18-11-19-25(26)22-14-7-3-8-15-22/h2-19H,1H3. The number of rotatable bonds is 4. The molecule has 0 radical (unpaired) electrons. The highest BCUT2D eigenvalue weighted by Gasteiger charge is 2.14. The molecule has 1 heteroatoms. The summed E-state index contributed by atoms with van der Waals surface area (Å²) in [6.45, 7) is 2.10. The van der Waals surface area contributed by atoms with Crippen LogP contribution >= 0.6 is 0 Å². The number of nitrogens with zero attached hydrogens (tertiary/aromatic N) is 1. The second-order valence-electron chi connectivity index (χ2n) is 6.49. The first-order chi connectivity index (χ1) is 13.3. The Labute approximate surface area is 160 Å². The second-order valence-corrected chi connectivity index (χ2v) is 6.49. The molecule has 4 aromatic rings. The van der Waals surface area contributed by atoms with E-state index in [0.717, 1.165) is 11.4 Å². The van der Waals surface area contributed by atoms with Gasteiger partial charge in [-0.3, -0.25) is 4.99 Å². The third kappa shape index (κ3) is 3.73. The number of benzene rings is 4. The van der Waals surface area contributed by atoms with Gasteiger partial charge in [0.05, 0.1) is 5.69 Å². The van der Waals surface area contributed by atoms with E-state index in [1.165, 1.54) is 27.8 Å². The second kappa shape index (κ2) is 7.84. The normalized spacial score (nSPS) is 11.4. The largest absolute Gasteiger partial charge is 0.253 e. The molecule has 0 amide bonds. The average molecular weight is 347 g/mol. The van der Waals surface area contributed by atoms with Gasteiger partial charge in [0.15, 0.2) is 0 Å². The van der Waals surface area contributed by atoms with Crippen LogP contribution in [0.2, 0.25) is 0 Å². The van der Waals surface area contributed by atoms with Crippen molar-refractivity contribution in [1.82, 2.24) is 0 Å². The van der Waals surface area contributed by atoms with Crippen molar-refractivity contribution in [2.24, 2.45) is 4.99 Å². The van der Waals surface area contributed by atoms with Crippen molar-refractivity contribution in [3.63, 3.8) is 0 Å². The highest BCUT2D eigenvalue weighted by Crippen LogP contribution is 2.33. The van der Waals surface area contributed by atoms with Gasteiger partial charge in [0, 0.05) is 11.3 Å². The Hall–Kier alpha value is -3.45. The Morgan fingerprint density at radius 3 is 1.44 bits per heavy atom. The highest BCUT2D eigenvalue weighted by atomic mass is 14.7.